The van der Waals surface area contributed by atoms with Gasteiger partial charge in [0.2, 0.25) is 0 Å². The van der Waals surface area contributed by atoms with Crippen LogP contribution in [0.15, 0.2) is 77.2 Å². The summed E-state index contributed by atoms with van der Waals surface area (Å²) in [7, 11) is 0. The van der Waals surface area contributed by atoms with Crippen LogP contribution in [-0.2, 0) is 0 Å². The minimum atomic E-state index is 0.684. The molecule has 27 heavy (non-hydrogen) atoms. The number of aromatic nitrogens is 1. The third-order valence-corrected chi connectivity index (χ3v) is 5.99. The van der Waals surface area contributed by atoms with Crippen molar-refractivity contribution in [3.05, 3.63) is 77.8 Å². The maximum absolute atomic E-state index is 6.51. The van der Waals surface area contributed by atoms with Gasteiger partial charge in [-0.2, -0.15) is 0 Å². The first-order valence-corrected chi connectivity index (χ1v) is 9.37. The Morgan fingerprint density at radius 1 is 0.630 bits per heavy atom. The SMILES string of the molecule is Clc1cc2oc3cccc4c5cccc6c7ccccc7n(c(c1)c2c34)c56. The lowest BCUT2D eigenvalue weighted by atomic mass is 10.0. The van der Waals surface area contributed by atoms with Gasteiger partial charge in [0.15, 0.2) is 0 Å². The van der Waals surface area contributed by atoms with E-state index in [4.69, 9.17) is 16.0 Å². The molecule has 7 aromatic rings. The third-order valence-electron chi connectivity index (χ3n) is 5.77. The van der Waals surface area contributed by atoms with Gasteiger partial charge in [-0.25, -0.2) is 0 Å². The maximum atomic E-state index is 6.51. The zero-order valence-corrected chi connectivity index (χ0v) is 14.9. The topological polar surface area (TPSA) is 17.6 Å². The van der Waals surface area contributed by atoms with Crippen molar-refractivity contribution in [1.29, 1.82) is 0 Å². The fraction of sp³-hybridized carbons (Fsp3) is 0. The lowest BCUT2D eigenvalue weighted by Gasteiger charge is -2.02. The van der Waals surface area contributed by atoms with Gasteiger partial charge in [0, 0.05) is 32.6 Å². The van der Waals surface area contributed by atoms with E-state index in [9.17, 15) is 0 Å². The van der Waals surface area contributed by atoms with Crippen molar-refractivity contribution in [2.75, 3.05) is 0 Å². The Kier molecular flexibility index (Phi) is 2.34. The molecule has 0 bridgehead atoms. The van der Waals surface area contributed by atoms with Crippen LogP contribution in [0.5, 0.6) is 0 Å². The van der Waals surface area contributed by atoms with E-state index in [1.54, 1.807) is 0 Å². The van der Waals surface area contributed by atoms with E-state index in [-0.39, 0.29) is 0 Å². The normalized spacial score (nSPS) is 12.6. The van der Waals surface area contributed by atoms with Gasteiger partial charge < -0.3 is 8.82 Å². The standard InChI is InChI=1S/C24H12ClNO/c25-13-11-19-23-21(12-13)27-20-10-4-6-15(22(20)23)17-8-3-7-16-14-5-1-2-9-18(14)26(19)24(16)17/h1-12H. The smallest absolute Gasteiger partial charge is 0.139 e. The summed E-state index contributed by atoms with van der Waals surface area (Å²) in [6, 6.07) is 25.4. The van der Waals surface area contributed by atoms with Crippen LogP contribution in [-0.4, -0.2) is 4.40 Å². The number of furan rings is 1. The molecular weight excluding hydrogens is 354 g/mol. The van der Waals surface area contributed by atoms with E-state index < -0.39 is 0 Å². The summed E-state index contributed by atoms with van der Waals surface area (Å²) in [5.41, 5.74) is 5.23. The first-order chi connectivity index (χ1) is 13.3. The molecule has 126 valence electrons. The number of hydrogen-bond donors (Lipinski definition) is 0. The number of hydrogen-bond acceptors (Lipinski definition) is 1. The van der Waals surface area contributed by atoms with Crippen molar-refractivity contribution in [2.24, 2.45) is 0 Å². The molecule has 0 atom stereocenters. The second kappa shape index (κ2) is 4.54. The monoisotopic (exact) mass is 365 g/mol. The fourth-order valence-electron chi connectivity index (χ4n) is 4.78. The van der Waals surface area contributed by atoms with Gasteiger partial charge in [0.05, 0.1) is 21.9 Å². The van der Waals surface area contributed by atoms with Crippen LogP contribution in [0.4, 0.5) is 0 Å². The molecule has 2 nitrogen and oxygen atoms in total. The number of fused-ring (bicyclic) bond motifs is 5. The Balaban J connectivity index is 2.06. The van der Waals surface area contributed by atoms with Crippen molar-refractivity contribution >= 4 is 71.6 Å². The Labute approximate surface area is 158 Å². The van der Waals surface area contributed by atoms with Crippen LogP contribution >= 0.6 is 11.6 Å². The van der Waals surface area contributed by atoms with Crippen LogP contribution in [0.25, 0.3) is 60.0 Å². The van der Waals surface area contributed by atoms with E-state index in [2.05, 4.69) is 65.1 Å². The molecule has 0 fully saturated rings. The van der Waals surface area contributed by atoms with Gasteiger partial charge in [0.1, 0.15) is 11.2 Å². The summed E-state index contributed by atoms with van der Waals surface area (Å²) in [4.78, 5) is 0. The quantitative estimate of drug-likeness (QED) is 0.274. The Morgan fingerprint density at radius 2 is 1.37 bits per heavy atom. The maximum Gasteiger partial charge on any atom is 0.139 e. The molecule has 0 aliphatic carbocycles. The largest absolute Gasteiger partial charge is 0.456 e. The predicted molar refractivity (Wildman–Crippen MR) is 113 cm³/mol. The molecule has 0 aliphatic heterocycles. The van der Waals surface area contributed by atoms with Gasteiger partial charge >= 0.3 is 0 Å². The zero-order valence-electron chi connectivity index (χ0n) is 14.2. The summed E-state index contributed by atoms with van der Waals surface area (Å²) in [5.74, 6) is 0. The molecule has 0 unspecified atom stereocenters. The lowest BCUT2D eigenvalue weighted by Crippen LogP contribution is -1.85. The highest BCUT2D eigenvalue weighted by Crippen LogP contribution is 2.43. The third kappa shape index (κ3) is 1.54. The number of rotatable bonds is 0. The highest BCUT2D eigenvalue weighted by Gasteiger charge is 2.20. The molecule has 0 saturated carbocycles. The van der Waals surface area contributed by atoms with Crippen LogP contribution in [0, 0.1) is 0 Å². The van der Waals surface area contributed by atoms with Crippen molar-refractivity contribution in [2.45, 2.75) is 0 Å². The average molecular weight is 366 g/mol. The highest BCUT2D eigenvalue weighted by atomic mass is 35.5. The molecule has 3 heterocycles. The Morgan fingerprint density at radius 3 is 2.30 bits per heavy atom. The molecule has 0 aliphatic rings. The van der Waals surface area contributed by atoms with Crippen molar-refractivity contribution in [3.8, 4) is 0 Å². The van der Waals surface area contributed by atoms with E-state index in [1.807, 2.05) is 12.1 Å². The van der Waals surface area contributed by atoms with Gasteiger partial charge in [0.25, 0.3) is 0 Å². The molecule has 0 saturated heterocycles. The molecular formula is C24H12ClNO. The van der Waals surface area contributed by atoms with E-state index >= 15 is 0 Å². The van der Waals surface area contributed by atoms with Crippen LogP contribution < -0.4 is 0 Å². The number of benzene rings is 4. The summed E-state index contributed by atoms with van der Waals surface area (Å²) in [5, 5.41) is 7.93. The first-order valence-electron chi connectivity index (χ1n) is 8.99. The van der Waals surface area contributed by atoms with Crippen molar-refractivity contribution in [1.82, 2.24) is 4.40 Å². The molecule has 3 heteroatoms. The van der Waals surface area contributed by atoms with Crippen LogP contribution in [0.2, 0.25) is 5.02 Å². The highest BCUT2D eigenvalue weighted by molar-refractivity contribution is 6.35. The van der Waals surface area contributed by atoms with E-state index in [1.165, 1.54) is 38.0 Å². The van der Waals surface area contributed by atoms with Gasteiger partial charge in [-0.15, -0.1) is 0 Å². The Hall–Kier alpha value is -3.23. The zero-order chi connectivity index (χ0) is 17.7. The molecule has 3 aromatic heterocycles. The van der Waals surface area contributed by atoms with Crippen LogP contribution in [0.1, 0.15) is 0 Å². The fourth-order valence-corrected chi connectivity index (χ4v) is 4.98. The summed E-state index contributed by atoms with van der Waals surface area (Å²) >= 11 is 6.51. The second-order valence-electron chi connectivity index (χ2n) is 7.13. The van der Waals surface area contributed by atoms with Gasteiger partial charge in [-0.05, 0) is 23.6 Å². The Bertz CT molecular complexity index is 1690. The van der Waals surface area contributed by atoms with E-state index in [0.29, 0.717) is 5.02 Å². The minimum Gasteiger partial charge on any atom is -0.456 e. The number of para-hydroxylation sites is 2. The predicted octanol–water partition coefficient (Wildman–Crippen LogP) is 7.39. The number of nitrogens with zero attached hydrogens (tertiary/aromatic N) is 1. The van der Waals surface area contributed by atoms with Crippen molar-refractivity contribution < 1.29 is 4.42 Å². The molecule has 4 aromatic carbocycles. The molecule has 0 spiro atoms. The minimum absolute atomic E-state index is 0.684. The summed E-state index contributed by atoms with van der Waals surface area (Å²) in [6.45, 7) is 0. The van der Waals surface area contributed by atoms with E-state index in [0.717, 1.165) is 22.1 Å². The summed E-state index contributed by atoms with van der Waals surface area (Å²) < 4.78 is 8.54. The molecule has 0 N–H and O–H groups in total. The van der Waals surface area contributed by atoms with Gasteiger partial charge in [-0.1, -0.05) is 60.1 Å². The number of halogens is 1. The van der Waals surface area contributed by atoms with Crippen molar-refractivity contribution in [3.63, 3.8) is 0 Å². The summed E-state index contributed by atoms with van der Waals surface area (Å²) in [6.07, 6.45) is 0. The molecule has 0 radical (unpaired) electrons. The second-order valence-corrected chi connectivity index (χ2v) is 7.57. The lowest BCUT2D eigenvalue weighted by molar-refractivity contribution is 0.669. The van der Waals surface area contributed by atoms with Crippen LogP contribution in [0.3, 0.4) is 0 Å². The average Bonchev–Trinajstić information content (AvgIpc) is 3.18. The molecule has 0 amide bonds. The van der Waals surface area contributed by atoms with Gasteiger partial charge in [-0.3, -0.25) is 0 Å². The first kappa shape index (κ1) is 13.9. The molecule has 7 rings (SSSR count).